The highest BCUT2D eigenvalue weighted by Crippen LogP contribution is 2.12. The number of hydrogen-bond donors (Lipinski definition) is 0. The van der Waals surface area contributed by atoms with Gasteiger partial charge < -0.3 is 9.80 Å². The highest BCUT2D eigenvalue weighted by molar-refractivity contribution is 7.86. The fourth-order valence-electron chi connectivity index (χ4n) is 2.23. The first-order valence-electron chi connectivity index (χ1n) is 7.43. The average Bonchev–Trinajstić information content (AvgIpc) is 2.44. The first-order valence-corrected chi connectivity index (χ1v) is 8.82. The summed E-state index contributed by atoms with van der Waals surface area (Å²) in [6.45, 7) is 4.62. The Morgan fingerprint density at radius 2 is 1.67 bits per heavy atom. The van der Waals surface area contributed by atoms with E-state index in [-0.39, 0.29) is 5.91 Å². The zero-order valence-corrected chi connectivity index (χ0v) is 14.4. The number of amides is 1. The van der Waals surface area contributed by atoms with Crippen molar-refractivity contribution in [1.29, 1.82) is 0 Å². The lowest BCUT2D eigenvalue weighted by atomic mass is 10.3. The second-order valence-electron chi connectivity index (χ2n) is 5.70. The second-order valence-corrected chi connectivity index (χ2v) is 7.74. The van der Waals surface area contributed by atoms with Crippen LogP contribution in [0.25, 0.3) is 0 Å². The number of hydrogen-bond acceptors (Lipinski definition) is 4. The molecule has 21 heavy (non-hydrogen) atoms. The quantitative estimate of drug-likeness (QED) is 0.644. The molecule has 1 amide bonds. The Kier molecular flexibility index (Phi) is 7.05. The monoisotopic (exact) mass is 320 g/mol. The summed E-state index contributed by atoms with van der Waals surface area (Å²) in [5.74, 6) is 0.0522. The highest BCUT2D eigenvalue weighted by Gasteiger charge is 2.31. The molecule has 0 N–H and O–H groups in total. The lowest BCUT2D eigenvalue weighted by molar-refractivity contribution is -0.133. The van der Waals surface area contributed by atoms with Gasteiger partial charge in [-0.15, -0.1) is 0 Å². The zero-order chi connectivity index (χ0) is 16.0. The Balaban J connectivity index is 2.53. The van der Waals surface area contributed by atoms with Crippen molar-refractivity contribution < 1.29 is 13.2 Å². The van der Waals surface area contributed by atoms with Gasteiger partial charge in [0.25, 0.3) is 10.2 Å². The average molecular weight is 320 g/mol. The third-order valence-electron chi connectivity index (χ3n) is 3.59. The molecule has 7 nitrogen and oxygen atoms in total. The molecule has 1 heterocycles. The topological polar surface area (TPSA) is 64.2 Å². The van der Waals surface area contributed by atoms with Crippen molar-refractivity contribution in [2.24, 2.45) is 0 Å². The van der Waals surface area contributed by atoms with Crippen molar-refractivity contribution in [1.82, 2.24) is 18.4 Å². The third kappa shape index (κ3) is 5.21. The van der Waals surface area contributed by atoms with E-state index in [2.05, 4.69) is 0 Å². The molecule has 0 aromatic rings. The van der Waals surface area contributed by atoms with Gasteiger partial charge in [0.05, 0.1) is 6.54 Å². The molecule has 124 valence electrons. The molecule has 0 aromatic heterocycles. The van der Waals surface area contributed by atoms with Crippen LogP contribution < -0.4 is 0 Å². The summed E-state index contributed by atoms with van der Waals surface area (Å²) < 4.78 is 27.7. The summed E-state index contributed by atoms with van der Waals surface area (Å²) in [7, 11) is 1.93. The van der Waals surface area contributed by atoms with Crippen LogP contribution in [0, 0.1) is 0 Å². The molecule has 0 atom stereocenters. The van der Waals surface area contributed by atoms with Crippen LogP contribution in [0.1, 0.15) is 19.8 Å². The summed E-state index contributed by atoms with van der Waals surface area (Å²) in [4.78, 5) is 15.5. The van der Waals surface area contributed by atoms with Crippen molar-refractivity contribution >= 4 is 16.1 Å². The molecule has 0 bridgehead atoms. The van der Waals surface area contributed by atoms with E-state index in [0.717, 1.165) is 12.8 Å². The Bertz CT molecular complexity index is 431. The molecule has 0 aromatic carbocycles. The van der Waals surface area contributed by atoms with E-state index in [1.807, 2.05) is 25.9 Å². The van der Waals surface area contributed by atoms with Gasteiger partial charge in [0, 0.05) is 39.8 Å². The minimum Gasteiger partial charge on any atom is -0.339 e. The molecule has 0 spiro atoms. The van der Waals surface area contributed by atoms with Gasteiger partial charge in [-0.05, 0) is 20.5 Å². The fraction of sp³-hybridized carbons (Fsp3) is 0.923. The van der Waals surface area contributed by atoms with Crippen LogP contribution in [0.2, 0.25) is 0 Å². The molecule has 8 heteroatoms. The maximum Gasteiger partial charge on any atom is 0.281 e. The van der Waals surface area contributed by atoms with Gasteiger partial charge in [0.2, 0.25) is 5.91 Å². The number of rotatable bonds is 7. The van der Waals surface area contributed by atoms with Gasteiger partial charge in [0.15, 0.2) is 0 Å². The molecule has 1 aliphatic heterocycles. The highest BCUT2D eigenvalue weighted by atomic mass is 32.2. The van der Waals surface area contributed by atoms with E-state index in [1.54, 1.807) is 11.9 Å². The largest absolute Gasteiger partial charge is 0.339 e. The molecule has 0 aliphatic carbocycles. The van der Waals surface area contributed by atoms with Crippen LogP contribution >= 0.6 is 0 Å². The first kappa shape index (κ1) is 18.3. The first-order chi connectivity index (χ1) is 9.78. The smallest absolute Gasteiger partial charge is 0.281 e. The number of nitrogens with zero attached hydrogens (tertiary/aromatic N) is 4. The van der Waals surface area contributed by atoms with Crippen molar-refractivity contribution in [2.45, 2.75) is 19.8 Å². The number of carbonyl (C=O) groups is 1. The van der Waals surface area contributed by atoms with Gasteiger partial charge in [-0.2, -0.15) is 17.0 Å². The maximum absolute atomic E-state index is 12.4. The van der Waals surface area contributed by atoms with Crippen LogP contribution in [0.15, 0.2) is 0 Å². The third-order valence-corrected chi connectivity index (χ3v) is 5.58. The number of unbranched alkanes of at least 4 members (excludes halogenated alkanes) is 1. The molecule has 1 aliphatic rings. The molecule has 1 saturated heterocycles. The summed E-state index contributed by atoms with van der Waals surface area (Å²) >= 11 is 0. The lowest BCUT2D eigenvalue weighted by Crippen LogP contribution is -2.54. The standard InChI is InChI=1S/C13H28N4O3S/c1-5-6-7-15(4)21(19,20)17-10-8-16(9-11-17)13(18)12-14(2)3/h5-12H2,1-4H3. The predicted molar refractivity (Wildman–Crippen MR) is 83.2 cm³/mol. The maximum atomic E-state index is 12.4. The molecule has 0 unspecified atom stereocenters. The van der Waals surface area contributed by atoms with Gasteiger partial charge in [-0.1, -0.05) is 13.3 Å². The normalized spacial score (nSPS) is 17.7. The van der Waals surface area contributed by atoms with Crippen LogP contribution in [-0.4, -0.2) is 93.1 Å². The van der Waals surface area contributed by atoms with E-state index in [9.17, 15) is 13.2 Å². The van der Waals surface area contributed by atoms with E-state index < -0.39 is 10.2 Å². The molecule has 1 fully saturated rings. The van der Waals surface area contributed by atoms with E-state index in [4.69, 9.17) is 0 Å². The van der Waals surface area contributed by atoms with E-state index in [1.165, 1.54) is 8.61 Å². The minimum absolute atomic E-state index is 0.0522. The van der Waals surface area contributed by atoms with E-state index >= 15 is 0 Å². The number of piperazine rings is 1. The van der Waals surface area contributed by atoms with Gasteiger partial charge in [-0.25, -0.2) is 0 Å². The Labute approximate surface area is 128 Å². The van der Waals surface area contributed by atoms with Crippen molar-refractivity contribution in [3.05, 3.63) is 0 Å². The predicted octanol–water partition coefficient (Wildman–Crippen LogP) is -0.331. The summed E-state index contributed by atoms with van der Waals surface area (Å²) in [6.07, 6.45) is 1.82. The fourth-order valence-corrected chi connectivity index (χ4v) is 3.61. The SMILES string of the molecule is CCCCN(C)S(=O)(=O)N1CCN(C(=O)CN(C)C)CC1. The van der Waals surface area contributed by atoms with Gasteiger partial charge in [-0.3, -0.25) is 4.79 Å². The Morgan fingerprint density at radius 3 is 2.14 bits per heavy atom. The molecule has 0 saturated carbocycles. The molecule has 0 radical (unpaired) electrons. The van der Waals surface area contributed by atoms with Gasteiger partial charge in [0.1, 0.15) is 0 Å². The van der Waals surface area contributed by atoms with Crippen molar-refractivity contribution in [2.75, 3.05) is 60.4 Å². The Morgan fingerprint density at radius 1 is 1.10 bits per heavy atom. The molecular formula is C13H28N4O3S. The van der Waals surface area contributed by atoms with Crippen molar-refractivity contribution in [3.8, 4) is 0 Å². The second kappa shape index (κ2) is 8.07. The minimum atomic E-state index is -3.39. The molecule has 1 rings (SSSR count). The van der Waals surface area contributed by atoms with Crippen LogP contribution in [0.3, 0.4) is 0 Å². The van der Waals surface area contributed by atoms with Gasteiger partial charge >= 0.3 is 0 Å². The number of likely N-dealkylation sites (N-methyl/N-ethyl adjacent to an activating group) is 1. The van der Waals surface area contributed by atoms with Crippen LogP contribution in [0.5, 0.6) is 0 Å². The summed E-state index contributed by atoms with van der Waals surface area (Å²) in [6, 6.07) is 0. The van der Waals surface area contributed by atoms with Crippen LogP contribution in [0.4, 0.5) is 0 Å². The molecular weight excluding hydrogens is 292 g/mol. The van der Waals surface area contributed by atoms with Crippen molar-refractivity contribution in [3.63, 3.8) is 0 Å². The number of carbonyl (C=O) groups excluding carboxylic acids is 1. The Hall–Kier alpha value is -0.700. The van der Waals surface area contributed by atoms with E-state index in [0.29, 0.717) is 39.3 Å². The lowest BCUT2D eigenvalue weighted by Gasteiger charge is -2.36. The summed E-state index contributed by atoms with van der Waals surface area (Å²) in [5.41, 5.74) is 0. The zero-order valence-electron chi connectivity index (χ0n) is 13.6. The van der Waals surface area contributed by atoms with Crippen LogP contribution in [-0.2, 0) is 15.0 Å². The summed E-state index contributed by atoms with van der Waals surface area (Å²) in [5, 5.41) is 0.